The number of amides is 3. The van der Waals surface area contributed by atoms with Gasteiger partial charge in [0.05, 0.1) is 24.1 Å². The van der Waals surface area contributed by atoms with Crippen LogP contribution in [0.3, 0.4) is 0 Å². The molecule has 0 spiro atoms. The molecule has 3 amide bonds. The van der Waals surface area contributed by atoms with Gasteiger partial charge in [0.15, 0.2) is 0 Å². The maximum Gasteiger partial charge on any atom is 0.353 e. The predicted molar refractivity (Wildman–Crippen MR) is 103 cm³/mol. The number of aliphatic hydroxyl groups excluding tert-OH is 1. The standard InChI is InChI=1S/C17H23N5O7S/c1-6-11-10(7(2)24)16(27)22(11)12(17(28)29)13(6)30-9-3-8(5-23)21(4-9)20-19-15(26)14(18)25/h5-11,20,24H,3-4H2,1-2H3,(H2,18,25)(H,19,26)(H,28,29)/t6-,7-,8+,9+,10-,11-/m1/s1. The molecule has 3 aliphatic heterocycles. The lowest BCUT2D eigenvalue weighted by Crippen LogP contribution is -2.63. The van der Waals surface area contributed by atoms with Crippen LogP contribution >= 0.6 is 11.8 Å². The van der Waals surface area contributed by atoms with E-state index in [0.29, 0.717) is 17.6 Å². The SMILES string of the molecule is C[C@@H](O)[C@H]1C(=O)N2C(C(=O)O)=C(S[C@H]3C[C@@H](C=O)N(NNC(=O)C(N)=O)C3)[C@H](C)[C@H]12. The first-order valence-electron chi connectivity index (χ1n) is 9.31. The molecule has 164 valence electrons. The highest BCUT2D eigenvalue weighted by Crippen LogP contribution is 2.52. The van der Waals surface area contributed by atoms with Gasteiger partial charge in [-0.15, -0.1) is 11.8 Å². The third kappa shape index (κ3) is 3.69. The average Bonchev–Trinajstić information content (AvgIpc) is 3.16. The number of β-lactam (4-membered cyclic amide) rings is 1. The maximum absolute atomic E-state index is 12.4. The van der Waals surface area contributed by atoms with E-state index in [2.05, 4.69) is 11.0 Å². The highest BCUT2D eigenvalue weighted by molar-refractivity contribution is 8.03. The fourth-order valence-corrected chi connectivity index (χ4v) is 5.75. The fraction of sp³-hybridized carbons (Fsp3) is 0.588. The van der Waals surface area contributed by atoms with Crippen molar-refractivity contribution in [3.8, 4) is 0 Å². The molecule has 2 saturated heterocycles. The van der Waals surface area contributed by atoms with Crippen molar-refractivity contribution in [3.63, 3.8) is 0 Å². The second-order valence-corrected chi connectivity index (χ2v) is 8.88. The first-order valence-corrected chi connectivity index (χ1v) is 10.2. The fourth-order valence-electron chi connectivity index (χ4n) is 4.21. The Kier molecular flexibility index (Phi) is 6.17. The third-order valence-corrected chi connectivity index (χ3v) is 7.10. The number of primary amides is 1. The van der Waals surface area contributed by atoms with Gasteiger partial charge in [0, 0.05) is 22.6 Å². The number of hydrogen-bond acceptors (Lipinski definition) is 9. The minimum absolute atomic E-state index is 0.0875. The van der Waals surface area contributed by atoms with E-state index in [1.54, 1.807) is 0 Å². The number of nitrogens with zero attached hydrogens (tertiary/aromatic N) is 2. The number of hydrazine groups is 2. The van der Waals surface area contributed by atoms with Gasteiger partial charge in [-0.25, -0.2) is 9.80 Å². The molecular weight excluding hydrogens is 418 g/mol. The van der Waals surface area contributed by atoms with Gasteiger partial charge in [-0.2, -0.15) is 5.53 Å². The molecule has 6 N–H and O–H groups in total. The van der Waals surface area contributed by atoms with Crippen LogP contribution in [0.2, 0.25) is 0 Å². The van der Waals surface area contributed by atoms with Gasteiger partial charge < -0.3 is 25.6 Å². The monoisotopic (exact) mass is 441 g/mol. The van der Waals surface area contributed by atoms with Gasteiger partial charge >= 0.3 is 17.8 Å². The summed E-state index contributed by atoms with van der Waals surface area (Å²) in [6.45, 7) is 3.58. The summed E-state index contributed by atoms with van der Waals surface area (Å²) in [4.78, 5) is 59.6. The summed E-state index contributed by atoms with van der Waals surface area (Å²) in [7, 11) is 0. The summed E-state index contributed by atoms with van der Waals surface area (Å²) in [5, 5.41) is 20.8. The Morgan fingerprint density at radius 1 is 1.37 bits per heavy atom. The summed E-state index contributed by atoms with van der Waals surface area (Å²) in [6, 6.07) is -1.04. The Hall–Kier alpha value is -2.48. The number of aldehydes is 1. The number of rotatable bonds is 7. The second kappa shape index (κ2) is 8.34. The van der Waals surface area contributed by atoms with Crippen molar-refractivity contribution < 1.29 is 34.2 Å². The quantitative estimate of drug-likeness (QED) is 0.123. The molecule has 0 aromatic heterocycles. The molecular formula is C17H23N5O7S. The summed E-state index contributed by atoms with van der Waals surface area (Å²) < 4.78 is 0. The van der Waals surface area contributed by atoms with Crippen LogP contribution in [0.15, 0.2) is 10.6 Å². The number of carboxylic acids is 1. The number of aliphatic hydroxyl groups is 1. The largest absolute Gasteiger partial charge is 0.477 e. The molecule has 13 heteroatoms. The van der Waals surface area contributed by atoms with Gasteiger partial charge in [-0.1, -0.05) is 6.92 Å². The van der Waals surface area contributed by atoms with E-state index in [4.69, 9.17) is 5.73 Å². The van der Waals surface area contributed by atoms with Gasteiger partial charge in [-0.3, -0.25) is 19.8 Å². The summed E-state index contributed by atoms with van der Waals surface area (Å²) in [6.07, 6.45) is 0.143. The zero-order valence-electron chi connectivity index (χ0n) is 16.3. The van der Waals surface area contributed by atoms with Gasteiger partial charge in [0.2, 0.25) is 5.91 Å². The summed E-state index contributed by atoms with van der Waals surface area (Å²) in [5.41, 5.74) is 9.35. The van der Waals surface area contributed by atoms with Crippen molar-refractivity contribution in [2.24, 2.45) is 17.6 Å². The van der Waals surface area contributed by atoms with E-state index in [1.165, 1.54) is 28.6 Å². The maximum atomic E-state index is 12.4. The molecule has 3 aliphatic rings. The number of carbonyl (C=O) groups is 5. The van der Waals surface area contributed by atoms with Crippen LogP contribution < -0.4 is 16.7 Å². The highest BCUT2D eigenvalue weighted by Gasteiger charge is 2.60. The zero-order valence-corrected chi connectivity index (χ0v) is 17.1. The van der Waals surface area contributed by atoms with Gasteiger partial charge in [-0.05, 0) is 13.3 Å². The van der Waals surface area contributed by atoms with Crippen molar-refractivity contribution >= 4 is 41.7 Å². The number of nitrogens with one attached hydrogen (secondary N) is 2. The van der Waals surface area contributed by atoms with Crippen molar-refractivity contribution in [2.45, 2.75) is 43.7 Å². The molecule has 3 rings (SSSR count). The smallest absolute Gasteiger partial charge is 0.353 e. The van der Waals surface area contributed by atoms with E-state index in [0.717, 1.165) is 0 Å². The van der Waals surface area contributed by atoms with E-state index < -0.39 is 47.8 Å². The number of thioether (sulfide) groups is 1. The van der Waals surface area contributed by atoms with Crippen LogP contribution in [0.5, 0.6) is 0 Å². The van der Waals surface area contributed by atoms with Crippen LogP contribution in [0.25, 0.3) is 0 Å². The van der Waals surface area contributed by atoms with Crippen molar-refractivity contribution in [1.82, 2.24) is 20.9 Å². The normalized spacial score (nSPS) is 31.9. The highest BCUT2D eigenvalue weighted by atomic mass is 32.2. The number of carbonyl (C=O) groups excluding carboxylic acids is 4. The lowest BCUT2D eigenvalue weighted by molar-refractivity contribution is -0.163. The van der Waals surface area contributed by atoms with Crippen molar-refractivity contribution in [1.29, 1.82) is 0 Å². The van der Waals surface area contributed by atoms with Crippen molar-refractivity contribution in [3.05, 3.63) is 10.6 Å². The minimum Gasteiger partial charge on any atom is -0.477 e. The van der Waals surface area contributed by atoms with Crippen LogP contribution in [0, 0.1) is 11.8 Å². The Bertz CT molecular complexity index is 831. The Morgan fingerprint density at radius 3 is 2.57 bits per heavy atom. The number of hydrogen-bond donors (Lipinski definition) is 5. The molecule has 0 bridgehead atoms. The molecule has 3 heterocycles. The van der Waals surface area contributed by atoms with Crippen LogP contribution in [-0.4, -0.2) is 80.1 Å². The first kappa shape index (κ1) is 22.2. The van der Waals surface area contributed by atoms with Crippen LogP contribution in [-0.2, 0) is 24.0 Å². The topological polar surface area (TPSA) is 182 Å². The minimum atomic E-state index is -1.22. The predicted octanol–water partition coefficient (Wildman–Crippen LogP) is -2.46. The molecule has 6 atom stereocenters. The van der Waals surface area contributed by atoms with E-state index in [9.17, 15) is 34.2 Å². The van der Waals surface area contributed by atoms with Gasteiger partial charge in [0.1, 0.15) is 12.0 Å². The van der Waals surface area contributed by atoms with E-state index >= 15 is 0 Å². The Labute approximate surface area is 175 Å². The number of nitrogens with two attached hydrogens (primary N) is 1. The molecule has 12 nitrogen and oxygen atoms in total. The molecule has 0 aliphatic carbocycles. The molecule has 0 radical (unpaired) electrons. The van der Waals surface area contributed by atoms with E-state index in [1.807, 2.05) is 6.92 Å². The molecule has 0 aromatic carbocycles. The lowest BCUT2D eigenvalue weighted by atomic mass is 9.79. The summed E-state index contributed by atoms with van der Waals surface area (Å²) >= 11 is 1.26. The number of fused-ring (bicyclic) bond motifs is 1. The molecule has 30 heavy (non-hydrogen) atoms. The zero-order chi connectivity index (χ0) is 22.3. The lowest BCUT2D eigenvalue weighted by Gasteiger charge is -2.46. The second-order valence-electron chi connectivity index (χ2n) is 7.53. The first-order chi connectivity index (χ1) is 14.1. The van der Waals surface area contributed by atoms with Crippen LogP contribution in [0.4, 0.5) is 0 Å². The summed E-state index contributed by atoms with van der Waals surface area (Å²) in [5.74, 6) is -4.83. The molecule has 0 saturated carbocycles. The molecule has 0 unspecified atom stereocenters. The Morgan fingerprint density at radius 2 is 2.03 bits per heavy atom. The van der Waals surface area contributed by atoms with Crippen molar-refractivity contribution in [2.75, 3.05) is 6.54 Å². The van der Waals surface area contributed by atoms with Gasteiger partial charge in [0.25, 0.3) is 0 Å². The van der Waals surface area contributed by atoms with E-state index in [-0.39, 0.29) is 23.4 Å². The van der Waals surface area contributed by atoms with Crippen LogP contribution in [0.1, 0.15) is 20.3 Å². The number of carboxylic acid groups (broad SMARTS) is 1. The third-order valence-electron chi connectivity index (χ3n) is 5.60. The number of aliphatic carboxylic acids is 1. The average molecular weight is 441 g/mol. The Balaban J connectivity index is 1.74. The molecule has 2 fully saturated rings. The molecule has 0 aromatic rings.